The molecule has 1 atom stereocenters. The lowest BCUT2D eigenvalue weighted by Crippen LogP contribution is -2.37. The fourth-order valence-corrected chi connectivity index (χ4v) is 2.92. The Morgan fingerprint density at radius 3 is 3.17 bits per heavy atom. The molecule has 3 rings (SSSR count). The van der Waals surface area contributed by atoms with Crippen LogP contribution in [0.1, 0.15) is 29.1 Å². The van der Waals surface area contributed by atoms with Crippen LogP contribution in [0, 0.1) is 5.92 Å². The molecule has 0 aliphatic carbocycles. The Kier molecular flexibility index (Phi) is 4.87. The summed E-state index contributed by atoms with van der Waals surface area (Å²) in [7, 11) is 0. The summed E-state index contributed by atoms with van der Waals surface area (Å²) in [4.78, 5) is 13.2. The highest BCUT2D eigenvalue weighted by Crippen LogP contribution is 2.18. The number of aromatic carboxylic acids is 1. The number of hydrogen-bond acceptors (Lipinski definition) is 5. The van der Waals surface area contributed by atoms with Gasteiger partial charge in [-0.05, 0) is 43.5 Å². The first-order valence-electron chi connectivity index (χ1n) is 7.76. The van der Waals surface area contributed by atoms with Crippen molar-refractivity contribution < 1.29 is 14.3 Å². The highest BCUT2D eigenvalue weighted by atomic mass is 16.4. The van der Waals surface area contributed by atoms with Crippen LogP contribution in [-0.2, 0) is 6.54 Å². The Labute approximate surface area is 134 Å². The molecule has 1 N–H and O–H groups in total. The van der Waals surface area contributed by atoms with Crippen LogP contribution in [0.4, 0.5) is 0 Å². The standard InChI is InChI=1S/C16H20N4O3/c21-16(22)15-12-20(18-17-15)11-13-4-1-7-19(10-13)8-2-5-14-6-3-9-23-14/h2-3,5-6,9,12-13H,1,4,7-8,10-11H2,(H,21,22). The Morgan fingerprint density at radius 2 is 2.43 bits per heavy atom. The summed E-state index contributed by atoms with van der Waals surface area (Å²) in [5.74, 6) is 0.288. The minimum absolute atomic E-state index is 0.000883. The average Bonchev–Trinajstić information content (AvgIpc) is 3.19. The largest absolute Gasteiger partial charge is 0.476 e. The van der Waals surface area contributed by atoms with Crippen molar-refractivity contribution in [3.05, 3.63) is 42.1 Å². The molecular weight excluding hydrogens is 296 g/mol. The van der Waals surface area contributed by atoms with Crippen LogP contribution < -0.4 is 0 Å². The van der Waals surface area contributed by atoms with Gasteiger partial charge in [-0.3, -0.25) is 9.58 Å². The Morgan fingerprint density at radius 1 is 1.52 bits per heavy atom. The van der Waals surface area contributed by atoms with Crippen molar-refractivity contribution in [3.63, 3.8) is 0 Å². The summed E-state index contributed by atoms with van der Waals surface area (Å²) >= 11 is 0. The molecule has 2 aromatic heterocycles. The number of rotatable bonds is 6. The second-order valence-electron chi connectivity index (χ2n) is 5.82. The molecule has 1 unspecified atom stereocenters. The van der Waals surface area contributed by atoms with E-state index in [2.05, 4.69) is 21.3 Å². The van der Waals surface area contributed by atoms with E-state index in [9.17, 15) is 4.79 Å². The molecule has 0 spiro atoms. The summed E-state index contributed by atoms with van der Waals surface area (Å²) < 4.78 is 6.91. The molecule has 1 fully saturated rings. The maximum absolute atomic E-state index is 10.8. The van der Waals surface area contributed by atoms with E-state index in [4.69, 9.17) is 9.52 Å². The zero-order chi connectivity index (χ0) is 16.1. The monoisotopic (exact) mass is 316 g/mol. The number of nitrogens with zero attached hydrogens (tertiary/aromatic N) is 4. The molecule has 0 aromatic carbocycles. The first-order chi connectivity index (χ1) is 11.2. The molecule has 122 valence electrons. The van der Waals surface area contributed by atoms with Gasteiger partial charge in [0.1, 0.15) is 5.76 Å². The number of carboxylic acid groups (broad SMARTS) is 1. The smallest absolute Gasteiger partial charge is 0.358 e. The van der Waals surface area contributed by atoms with Crippen molar-refractivity contribution >= 4 is 12.0 Å². The lowest BCUT2D eigenvalue weighted by atomic mass is 9.98. The summed E-state index contributed by atoms with van der Waals surface area (Å²) in [6.07, 6.45) is 9.53. The topological polar surface area (TPSA) is 84.4 Å². The van der Waals surface area contributed by atoms with Crippen LogP contribution in [0.25, 0.3) is 6.08 Å². The summed E-state index contributed by atoms with van der Waals surface area (Å²) in [6.45, 7) is 3.65. The van der Waals surface area contributed by atoms with Crippen LogP contribution >= 0.6 is 0 Å². The average molecular weight is 316 g/mol. The molecule has 3 heterocycles. The minimum Gasteiger partial charge on any atom is -0.476 e. The van der Waals surface area contributed by atoms with Gasteiger partial charge in [0.05, 0.1) is 12.5 Å². The van der Waals surface area contributed by atoms with Gasteiger partial charge in [0.15, 0.2) is 5.69 Å². The molecule has 1 saturated heterocycles. The van der Waals surface area contributed by atoms with Crippen molar-refractivity contribution in [2.45, 2.75) is 19.4 Å². The van der Waals surface area contributed by atoms with Crippen LogP contribution in [0.3, 0.4) is 0 Å². The van der Waals surface area contributed by atoms with E-state index in [0.717, 1.165) is 38.2 Å². The predicted octanol–water partition coefficient (Wildman–Crippen LogP) is 1.99. The fraction of sp³-hybridized carbons (Fsp3) is 0.438. The highest BCUT2D eigenvalue weighted by Gasteiger charge is 2.20. The number of aromatic nitrogens is 3. The summed E-state index contributed by atoms with van der Waals surface area (Å²) in [5.41, 5.74) is -0.000883. The molecule has 7 nitrogen and oxygen atoms in total. The van der Waals surface area contributed by atoms with E-state index < -0.39 is 5.97 Å². The van der Waals surface area contributed by atoms with Gasteiger partial charge in [0.25, 0.3) is 0 Å². The van der Waals surface area contributed by atoms with Crippen molar-refractivity contribution in [1.82, 2.24) is 19.9 Å². The van der Waals surface area contributed by atoms with Crippen molar-refractivity contribution in [3.8, 4) is 0 Å². The lowest BCUT2D eigenvalue weighted by Gasteiger charge is -2.31. The van der Waals surface area contributed by atoms with Gasteiger partial charge >= 0.3 is 5.97 Å². The Hall–Kier alpha value is -2.41. The molecule has 0 saturated carbocycles. The lowest BCUT2D eigenvalue weighted by molar-refractivity contribution is 0.0690. The third kappa shape index (κ3) is 4.29. The molecule has 23 heavy (non-hydrogen) atoms. The third-order valence-electron chi connectivity index (χ3n) is 4.00. The number of carbonyl (C=O) groups is 1. The van der Waals surface area contributed by atoms with E-state index in [1.165, 1.54) is 6.20 Å². The second kappa shape index (κ2) is 7.23. The van der Waals surface area contributed by atoms with Gasteiger partial charge in [0.2, 0.25) is 0 Å². The predicted molar refractivity (Wildman–Crippen MR) is 83.9 cm³/mol. The number of hydrogen-bond donors (Lipinski definition) is 1. The Balaban J connectivity index is 1.50. The minimum atomic E-state index is -1.04. The molecule has 1 aliphatic rings. The van der Waals surface area contributed by atoms with Crippen LogP contribution in [0.15, 0.2) is 35.1 Å². The van der Waals surface area contributed by atoms with E-state index in [-0.39, 0.29) is 5.69 Å². The molecule has 0 amide bonds. The normalized spacial score (nSPS) is 19.4. The maximum atomic E-state index is 10.8. The fourth-order valence-electron chi connectivity index (χ4n) is 2.92. The molecule has 2 aromatic rings. The van der Waals surface area contributed by atoms with E-state index in [0.29, 0.717) is 12.5 Å². The Bertz CT molecular complexity index is 663. The zero-order valence-electron chi connectivity index (χ0n) is 12.8. The van der Waals surface area contributed by atoms with E-state index in [1.54, 1.807) is 10.9 Å². The number of likely N-dealkylation sites (tertiary alicyclic amines) is 1. The van der Waals surface area contributed by atoms with Crippen molar-refractivity contribution in [1.29, 1.82) is 0 Å². The quantitative estimate of drug-likeness (QED) is 0.877. The van der Waals surface area contributed by atoms with Gasteiger partial charge in [-0.25, -0.2) is 4.79 Å². The first-order valence-corrected chi connectivity index (χ1v) is 7.76. The number of furan rings is 1. The van der Waals surface area contributed by atoms with Crippen molar-refractivity contribution in [2.24, 2.45) is 5.92 Å². The first kappa shape index (κ1) is 15.5. The molecule has 7 heteroatoms. The van der Waals surface area contributed by atoms with Gasteiger partial charge in [-0.15, -0.1) is 5.10 Å². The summed E-state index contributed by atoms with van der Waals surface area (Å²) in [6, 6.07) is 3.81. The number of carboxylic acids is 1. The third-order valence-corrected chi connectivity index (χ3v) is 4.00. The highest BCUT2D eigenvalue weighted by molar-refractivity contribution is 5.84. The second-order valence-corrected chi connectivity index (χ2v) is 5.82. The molecule has 1 aliphatic heterocycles. The van der Waals surface area contributed by atoms with Gasteiger partial charge in [-0.2, -0.15) is 0 Å². The van der Waals surface area contributed by atoms with Crippen LogP contribution in [0.2, 0.25) is 0 Å². The summed E-state index contributed by atoms with van der Waals surface area (Å²) in [5, 5.41) is 16.4. The SMILES string of the molecule is O=C(O)c1cn(CC2CCCN(CC=Cc3ccco3)C2)nn1. The molecular formula is C16H20N4O3. The van der Waals surface area contributed by atoms with Gasteiger partial charge < -0.3 is 9.52 Å². The number of piperidine rings is 1. The van der Waals surface area contributed by atoms with E-state index in [1.807, 2.05) is 18.2 Å². The molecule has 0 bridgehead atoms. The van der Waals surface area contributed by atoms with Crippen molar-refractivity contribution in [2.75, 3.05) is 19.6 Å². The maximum Gasteiger partial charge on any atom is 0.358 e. The van der Waals surface area contributed by atoms with Gasteiger partial charge in [0, 0.05) is 19.6 Å². The van der Waals surface area contributed by atoms with Crippen LogP contribution in [-0.4, -0.2) is 50.6 Å². The zero-order valence-corrected chi connectivity index (χ0v) is 12.8. The van der Waals surface area contributed by atoms with Gasteiger partial charge in [-0.1, -0.05) is 11.3 Å². The van der Waals surface area contributed by atoms with E-state index >= 15 is 0 Å². The molecule has 0 radical (unpaired) electrons. The van der Waals surface area contributed by atoms with Crippen LogP contribution in [0.5, 0.6) is 0 Å².